The number of carbonyl (C=O) groups excluding carboxylic acids is 4. The van der Waals surface area contributed by atoms with Crippen molar-refractivity contribution in [2.24, 2.45) is 5.92 Å². The molecular weight excluding hydrogens is 650 g/mol. The fourth-order valence-corrected chi connectivity index (χ4v) is 5.92. The average Bonchev–Trinajstić information content (AvgIpc) is 3.58. The van der Waals surface area contributed by atoms with Crippen LogP contribution in [-0.4, -0.2) is 90.1 Å². The van der Waals surface area contributed by atoms with Crippen molar-refractivity contribution in [1.29, 1.82) is 0 Å². The highest BCUT2D eigenvalue weighted by atomic mass is 16.5. The van der Waals surface area contributed by atoms with Gasteiger partial charge in [-0.25, -0.2) is 4.98 Å². The molecule has 276 valence electrons. The predicted molar refractivity (Wildman–Crippen MR) is 194 cm³/mol. The molecule has 1 unspecified atom stereocenters. The van der Waals surface area contributed by atoms with Crippen LogP contribution in [0.5, 0.6) is 5.75 Å². The van der Waals surface area contributed by atoms with Gasteiger partial charge in [0, 0.05) is 51.1 Å². The Balaban J connectivity index is 1.58. The number of ether oxygens (including phenoxy) is 2. The highest BCUT2D eigenvalue weighted by Crippen LogP contribution is 2.16. The molecule has 2 bridgehead atoms. The van der Waals surface area contributed by atoms with Crippen LogP contribution in [0, 0.1) is 5.92 Å². The molecule has 13 nitrogen and oxygen atoms in total. The minimum atomic E-state index is -1.01. The predicted octanol–water partition coefficient (Wildman–Crippen LogP) is 2.83. The molecule has 0 saturated heterocycles. The molecule has 0 fully saturated rings. The zero-order chi connectivity index (χ0) is 36.8. The molecule has 2 aromatic carbocycles. The average molecular weight is 704 g/mol. The Morgan fingerprint density at radius 3 is 2.35 bits per heavy atom. The van der Waals surface area contributed by atoms with Gasteiger partial charge in [0.15, 0.2) is 0 Å². The van der Waals surface area contributed by atoms with Crippen LogP contribution in [0.2, 0.25) is 0 Å². The SMILES string of the molecule is CC[C@H](C)C1NC(=O)c2ccc(cc2)CN(Cc2nccn2CCOC)CCCCNC(=O)[C@@H](C)NC(=O)[C@H](Cc2ccc(OC)cc2)NC1=O. The van der Waals surface area contributed by atoms with Crippen LogP contribution >= 0.6 is 0 Å². The van der Waals surface area contributed by atoms with Crippen LogP contribution in [-0.2, 0) is 45.2 Å². The van der Waals surface area contributed by atoms with Crippen molar-refractivity contribution in [3.63, 3.8) is 0 Å². The number of benzene rings is 2. The first-order valence-corrected chi connectivity index (χ1v) is 17.7. The number of imidazole rings is 1. The number of hydrogen-bond acceptors (Lipinski definition) is 8. The van der Waals surface area contributed by atoms with Gasteiger partial charge in [-0.3, -0.25) is 24.1 Å². The third-order valence-corrected chi connectivity index (χ3v) is 9.29. The smallest absolute Gasteiger partial charge is 0.251 e. The summed E-state index contributed by atoms with van der Waals surface area (Å²) in [7, 11) is 3.24. The first-order chi connectivity index (χ1) is 24.6. The quantitative estimate of drug-likeness (QED) is 0.235. The Kier molecular flexibility index (Phi) is 15.0. The number of methoxy groups -OCH3 is 2. The minimum Gasteiger partial charge on any atom is -0.497 e. The summed E-state index contributed by atoms with van der Waals surface area (Å²) in [5.74, 6) is -0.325. The first-order valence-electron chi connectivity index (χ1n) is 17.7. The summed E-state index contributed by atoms with van der Waals surface area (Å²) in [6, 6.07) is 11.9. The maximum Gasteiger partial charge on any atom is 0.251 e. The van der Waals surface area contributed by atoms with Crippen molar-refractivity contribution in [1.82, 2.24) is 35.7 Å². The van der Waals surface area contributed by atoms with Crippen LogP contribution in [0.3, 0.4) is 0 Å². The van der Waals surface area contributed by atoms with Crippen LogP contribution < -0.4 is 26.0 Å². The topological polar surface area (TPSA) is 156 Å². The highest BCUT2D eigenvalue weighted by Gasteiger charge is 2.31. The highest BCUT2D eigenvalue weighted by molar-refractivity contribution is 5.99. The van der Waals surface area contributed by atoms with E-state index in [0.29, 0.717) is 50.5 Å². The van der Waals surface area contributed by atoms with E-state index in [1.165, 1.54) is 0 Å². The van der Waals surface area contributed by atoms with Crippen molar-refractivity contribution >= 4 is 23.6 Å². The summed E-state index contributed by atoms with van der Waals surface area (Å²) in [5.41, 5.74) is 2.24. The lowest BCUT2D eigenvalue weighted by atomic mass is 9.96. The number of carbonyl (C=O) groups is 4. The van der Waals surface area contributed by atoms with Gasteiger partial charge in [-0.2, -0.15) is 0 Å². The molecule has 0 spiro atoms. The van der Waals surface area contributed by atoms with Gasteiger partial charge in [-0.1, -0.05) is 44.5 Å². The summed E-state index contributed by atoms with van der Waals surface area (Å²) in [5, 5.41) is 11.5. The molecule has 2 aliphatic rings. The van der Waals surface area contributed by atoms with Crippen LogP contribution in [0.1, 0.15) is 67.3 Å². The molecule has 0 radical (unpaired) electrons. The van der Waals surface area contributed by atoms with Gasteiger partial charge < -0.3 is 35.3 Å². The van der Waals surface area contributed by atoms with Crippen LogP contribution in [0.15, 0.2) is 60.9 Å². The normalized spacial score (nSPS) is 20.8. The molecule has 5 rings (SSSR count). The molecule has 4 N–H and O–H groups in total. The fourth-order valence-electron chi connectivity index (χ4n) is 5.92. The number of nitrogens with zero attached hydrogens (tertiary/aromatic N) is 3. The molecule has 0 saturated carbocycles. The van der Waals surface area contributed by atoms with Crippen molar-refractivity contribution in [2.45, 2.75) is 84.2 Å². The molecule has 1 aromatic heterocycles. The van der Waals surface area contributed by atoms with E-state index in [1.54, 1.807) is 51.6 Å². The van der Waals surface area contributed by atoms with Crippen molar-refractivity contribution in [3.8, 4) is 5.75 Å². The van der Waals surface area contributed by atoms with Gasteiger partial charge in [-0.05, 0) is 67.6 Å². The maximum absolute atomic E-state index is 13.8. The summed E-state index contributed by atoms with van der Waals surface area (Å²) in [4.78, 5) is 61.0. The number of nitrogens with one attached hydrogen (secondary N) is 4. The Hall–Kier alpha value is -4.75. The van der Waals surface area contributed by atoms with Crippen molar-refractivity contribution in [2.75, 3.05) is 33.9 Å². The number of aromatic nitrogens is 2. The van der Waals surface area contributed by atoms with Crippen LogP contribution in [0.25, 0.3) is 0 Å². The van der Waals surface area contributed by atoms with E-state index < -0.39 is 29.9 Å². The third-order valence-electron chi connectivity index (χ3n) is 9.29. The molecule has 0 aliphatic carbocycles. The van der Waals surface area contributed by atoms with Crippen molar-refractivity contribution < 1.29 is 28.7 Å². The zero-order valence-electron chi connectivity index (χ0n) is 30.4. The molecule has 4 atom stereocenters. The second-order valence-electron chi connectivity index (χ2n) is 13.1. The van der Waals surface area contributed by atoms with Crippen LogP contribution in [0.4, 0.5) is 0 Å². The maximum atomic E-state index is 13.8. The number of amides is 4. The van der Waals surface area contributed by atoms with E-state index in [-0.39, 0.29) is 24.2 Å². The lowest BCUT2D eigenvalue weighted by Gasteiger charge is -2.27. The van der Waals surface area contributed by atoms with Gasteiger partial charge in [0.1, 0.15) is 29.7 Å². The summed E-state index contributed by atoms with van der Waals surface area (Å²) < 4.78 is 12.6. The van der Waals surface area contributed by atoms with E-state index in [1.807, 2.05) is 44.3 Å². The number of hydrogen-bond donors (Lipinski definition) is 4. The van der Waals surface area contributed by atoms with E-state index >= 15 is 0 Å². The Morgan fingerprint density at radius 2 is 1.67 bits per heavy atom. The molecule has 3 heterocycles. The largest absolute Gasteiger partial charge is 0.497 e. The third kappa shape index (κ3) is 11.6. The lowest BCUT2D eigenvalue weighted by molar-refractivity contribution is -0.132. The number of rotatable bonds is 10. The number of fused-ring (bicyclic) bond motifs is 18. The fraction of sp³-hybridized carbons (Fsp3) is 0.500. The monoisotopic (exact) mass is 703 g/mol. The molecule has 3 aromatic rings. The van der Waals surface area contributed by atoms with Gasteiger partial charge in [0.05, 0.1) is 20.3 Å². The molecular formula is C38H53N7O6. The van der Waals surface area contributed by atoms with E-state index in [0.717, 1.165) is 36.3 Å². The Labute approximate surface area is 300 Å². The Bertz CT molecular complexity index is 1580. The Morgan fingerprint density at radius 1 is 0.922 bits per heavy atom. The van der Waals surface area contributed by atoms with Gasteiger partial charge in [0.2, 0.25) is 17.7 Å². The lowest BCUT2D eigenvalue weighted by Crippen LogP contribution is -2.58. The zero-order valence-corrected chi connectivity index (χ0v) is 30.4. The van der Waals surface area contributed by atoms with Gasteiger partial charge in [0.25, 0.3) is 5.91 Å². The van der Waals surface area contributed by atoms with Crippen molar-refractivity contribution in [3.05, 3.63) is 83.4 Å². The van der Waals surface area contributed by atoms with E-state index in [9.17, 15) is 19.2 Å². The molecule has 13 heteroatoms. The second-order valence-corrected chi connectivity index (χ2v) is 13.1. The molecule has 2 aliphatic heterocycles. The summed E-state index contributed by atoms with van der Waals surface area (Å²) in [6.07, 6.45) is 6.06. The summed E-state index contributed by atoms with van der Waals surface area (Å²) >= 11 is 0. The minimum absolute atomic E-state index is 0.168. The summed E-state index contributed by atoms with van der Waals surface area (Å²) in [6.45, 7) is 9.15. The van der Waals surface area contributed by atoms with Gasteiger partial charge >= 0.3 is 0 Å². The molecule has 4 amide bonds. The second kappa shape index (κ2) is 19.6. The van der Waals surface area contributed by atoms with E-state index in [2.05, 4.69) is 35.7 Å². The standard InChI is InChI=1S/C38H53N7O6/c1-6-26(2)34-38(49)42-32(23-28-11-15-31(51-5)16-12-28)37(48)41-27(3)35(46)40-17-7-8-19-44(25-33-39-18-20-45(33)21-22-50-4)24-29-9-13-30(14-10-29)36(47)43-34/h9-16,18,20,26-27,32,34H,6-8,17,19,21-25H2,1-5H3,(H,40,46)(H,41,48)(H,42,49)(H,43,47)/t26-,27+,32-,34?/m0/s1. The first kappa shape index (κ1) is 39.0. The van der Waals surface area contributed by atoms with Gasteiger partial charge in [-0.15, -0.1) is 0 Å². The molecule has 51 heavy (non-hydrogen) atoms. The van der Waals surface area contributed by atoms with E-state index in [4.69, 9.17) is 9.47 Å².